The summed E-state index contributed by atoms with van der Waals surface area (Å²) in [4.78, 5) is 32.6. The van der Waals surface area contributed by atoms with E-state index in [1.807, 2.05) is 0 Å². The summed E-state index contributed by atoms with van der Waals surface area (Å²) in [6.07, 6.45) is -1.18. The first-order chi connectivity index (χ1) is 14.1. The Morgan fingerprint density at radius 1 is 1.30 bits per heavy atom. The number of ether oxygens (including phenoxy) is 1. The minimum absolute atomic E-state index is 0.000703. The zero-order valence-corrected chi connectivity index (χ0v) is 16.8. The summed E-state index contributed by atoms with van der Waals surface area (Å²) < 4.78 is 41.5. The second kappa shape index (κ2) is 8.99. The van der Waals surface area contributed by atoms with Crippen molar-refractivity contribution in [1.82, 2.24) is 15.3 Å². The van der Waals surface area contributed by atoms with Crippen molar-refractivity contribution in [2.75, 3.05) is 6.61 Å². The van der Waals surface area contributed by atoms with Crippen LogP contribution in [0.2, 0.25) is 5.02 Å². The summed E-state index contributed by atoms with van der Waals surface area (Å²) in [5, 5.41) is 2.74. The molecule has 1 atom stereocenters. The van der Waals surface area contributed by atoms with Crippen LogP contribution in [0.3, 0.4) is 0 Å². The van der Waals surface area contributed by atoms with Gasteiger partial charge >= 0.3 is 6.18 Å². The van der Waals surface area contributed by atoms with Crippen LogP contribution < -0.4 is 10.1 Å². The van der Waals surface area contributed by atoms with Crippen LogP contribution >= 0.6 is 11.6 Å². The Morgan fingerprint density at radius 3 is 2.67 bits per heavy atom. The minimum Gasteiger partial charge on any atom is -0.483 e. The minimum atomic E-state index is -4.47. The van der Waals surface area contributed by atoms with Crippen molar-refractivity contribution in [2.45, 2.75) is 38.4 Å². The number of carbonyl (C=O) groups excluding carboxylic acids is 2. The highest BCUT2D eigenvalue weighted by molar-refractivity contribution is 6.32. The van der Waals surface area contributed by atoms with Crippen molar-refractivity contribution in [3.63, 3.8) is 0 Å². The van der Waals surface area contributed by atoms with Crippen LogP contribution in [0.1, 0.15) is 47.7 Å². The molecule has 0 saturated heterocycles. The van der Waals surface area contributed by atoms with E-state index in [9.17, 15) is 22.8 Å². The molecule has 3 rings (SSSR count). The third kappa shape index (κ3) is 6.16. The summed E-state index contributed by atoms with van der Waals surface area (Å²) >= 11 is 6.00. The van der Waals surface area contributed by atoms with E-state index in [1.165, 1.54) is 30.5 Å². The van der Waals surface area contributed by atoms with E-state index in [0.29, 0.717) is 11.4 Å². The Bertz CT molecular complexity index is 948. The number of benzene rings is 1. The summed E-state index contributed by atoms with van der Waals surface area (Å²) in [6.45, 7) is 0.246. The van der Waals surface area contributed by atoms with E-state index in [1.54, 1.807) is 6.92 Å². The molecule has 0 bridgehead atoms. The van der Waals surface area contributed by atoms with Crippen molar-refractivity contribution in [1.29, 1.82) is 0 Å². The molecule has 1 aliphatic rings. The summed E-state index contributed by atoms with van der Waals surface area (Å²) in [5.74, 6) is -0.126. The number of hydrogen-bond donors (Lipinski definition) is 1. The van der Waals surface area contributed by atoms with Gasteiger partial charge in [-0.3, -0.25) is 9.59 Å². The van der Waals surface area contributed by atoms with Crippen LogP contribution in [-0.4, -0.2) is 34.4 Å². The van der Waals surface area contributed by atoms with Crippen molar-refractivity contribution in [3.05, 3.63) is 52.6 Å². The van der Waals surface area contributed by atoms with E-state index in [0.717, 1.165) is 12.8 Å². The molecule has 1 aliphatic carbocycles. The Labute approximate surface area is 175 Å². The van der Waals surface area contributed by atoms with E-state index in [-0.39, 0.29) is 34.6 Å². The van der Waals surface area contributed by atoms with E-state index < -0.39 is 24.7 Å². The molecule has 1 aromatic carbocycles. The topological polar surface area (TPSA) is 81.2 Å². The maximum Gasteiger partial charge on any atom is 0.422 e. The van der Waals surface area contributed by atoms with Gasteiger partial charge in [0.2, 0.25) is 0 Å². The number of ketones is 1. The van der Waals surface area contributed by atoms with Gasteiger partial charge < -0.3 is 10.1 Å². The third-order valence-corrected chi connectivity index (χ3v) is 4.79. The van der Waals surface area contributed by atoms with Gasteiger partial charge in [-0.2, -0.15) is 13.2 Å². The zero-order chi connectivity index (χ0) is 21.9. The van der Waals surface area contributed by atoms with E-state index in [2.05, 4.69) is 20.0 Å². The first-order valence-corrected chi connectivity index (χ1v) is 9.64. The first kappa shape index (κ1) is 22.0. The van der Waals surface area contributed by atoms with Crippen molar-refractivity contribution in [2.24, 2.45) is 5.92 Å². The fourth-order valence-electron chi connectivity index (χ4n) is 2.73. The number of nitrogens with one attached hydrogen (secondary N) is 1. The third-order valence-electron chi connectivity index (χ3n) is 4.50. The number of aromatic nitrogens is 2. The average molecular weight is 442 g/mol. The molecule has 0 aliphatic heterocycles. The van der Waals surface area contributed by atoms with Gasteiger partial charge in [-0.1, -0.05) is 17.7 Å². The normalized spacial score (nSPS) is 14.8. The number of nitrogens with zero attached hydrogens (tertiary/aromatic N) is 2. The Balaban J connectivity index is 1.62. The number of amides is 1. The first-order valence-electron chi connectivity index (χ1n) is 9.27. The molecule has 2 aromatic rings. The molecule has 1 heterocycles. The van der Waals surface area contributed by atoms with Gasteiger partial charge in [0.1, 0.15) is 23.1 Å². The Morgan fingerprint density at radius 2 is 2.03 bits per heavy atom. The zero-order valence-electron chi connectivity index (χ0n) is 16.0. The lowest BCUT2D eigenvalue weighted by atomic mass is 10.1. The lowest BCUT2D eigenvalue weighted by molar-refractivity contribution is -0.153. The molecule has 1 unspecified atom stereocenters. The van der Waals surface area contributed by atoms with Crippen LogP contribution in [0.5, 0.6) is 5.75 Å². The molecule has 1 aromatic heterocycles. The number of carbonyl (C=O) groups is 2. The number of hydrogen-bond acceptors (Lipinski definition) is 5. The standard InChI is InChI=1S/C20H19ClF3N3O3/c1-11(13-4-5-17(14(21)8-13)30-10-20(22,23)24)26-19(29)15-6-7-25-18(27-15)9-16(28)12-2-3-12/h4-8,11-12H,2-3,9-10H2,1H3,(H,26,29). The average Bonchev–Trinajstić information content (AvgIpc) is 3.51. The predicted molar refractivity (Wildman–Crippen MR) is 102 cm³/mol. The molecule has 0 spiro atoms. The smallest absolute Gasteiger partial charge is 0.422 e. The molecule has 1 saturated carbocycles. The molecular weight excluding hydrogens is 423 g/mol. The monoisotopic (exact) mass is 441 g/mol. The quantitative estimate of drug-likeness (QED) is 0.667. The number of rotatable bonds is 8. The Kier molecular flexibility index (Phi) is 6.60. The molecule has 1 N–H and O–H groups in total. The van der Waals surface area contributed by atoms with Gasteiger partial charge in [0, 0.05) is 12.1 Å². The van der Waals surface area contributed by atoms with E-state index >= 15 is 0 Å². The highest BCUT2D eigenvalue weighted by Crippen LogP contribution is 2.31. The van der Waals surface area contributed by atoms with Crippen molar-refractivity contribution in [3.8, 4) is 5.75 Å². The van der Waals surface area contributed by atoms with Crippen molar-refractivity contribution >= 4 is 23.3 Å². The van der Waals surface area contributed by atoms with Crippen LogP contribution in [-0.2, 0) is 11.2 Å². The number of halogens is 4. The molecule has 0 radical (unpaired) electrons. The van der Waals surface area contributed by atoms with Crippen molar-refractivity contribution < 1.29 is 27.5 Å². The molecular formula is C20H19ClF3N3O3. The van der Waals surface area contributed by atoms with Crippen LogP contribution in [0.25, 0.3) is 0 Å². The number of Topliss-reactive ketones (excluding diaryl/α,β-unsaturated/α-hetero) is 1. The predicted octanol–water partition coefficient (Wildman–Crippen LogP) is 4.08. The van der Waals surface area contributed by atoms with Gasteiger partial charge in [0.15, 0.2) is 6.61 Å². The lowest BCUT2D eigenvalue weighted by Gasteiger charge is -2.16. The molecule has 160 valence electrons. The molecule has 10 heteroatoms. The second-order valence-electron chi connectivity index (χ2n) is 7.06. The SMILES string of the molecule is CC(NC(=O)c1ccnc(CC(=O)C2CC2)n1)c1ccc(OCC(F)(F)F)c(Cl)c1. The highest BCUT2D eigenvalue weighted by Gasteiger charge is 2.30. The molecule has 30 heavy (non-hydrogen) atoms. The summed E-state index contributed by atoms with van der Waals surface area (Å²) in [6, 6.07) is 5.20. The fraction of sp³-hybridized carbons (Fsp3) is 0.400. The molecule has 1 amide bonds. The van der Waals surface area contributed by atoms with Gasteiger partial charge in [0.25, 0.3) is 5.91 Å². The lowest BCUT2D eigenvalue weighted by Crippen LogP contribution is -2.28. The van der Waals surface area contributed by atoms with Gasteiger partial charge in [0.05, 0.1) is 17.5 Å². The van der Waals surface area contributed by atoms with Crippen LogP contribution in [0, 0.1) is 5.92 Å². The van der Waals surface area contributed by atoms with Crippen LogP contribution in [0.4, 0.5) is 13.2 Å². The molecule has 6 nitrogen and oxygen atoms in total. The maximum absolute atomic E-state index is 12.5. The molecule has 1 fully saturated rings. The maximum atomic E-state index is 12.5. The number of alkyl halides is 3. The highest BCUT2D eigenvalue weighted by atomic mass is 35.5. The van der Waals surface area contributed by atoms with Gasteiger partial charge in [-0.05, 0) is 43.5 Å². The largest absolute Gasteiger partial charge is 0.483 e. The van der Waals surface area contributed by atoms with Gasteiger partial charge in [-0.15, -0.1) is 0 Å². The summed E-state index contributed by atoms with van der Waals surface area (Å²) in [5.41, 5.74) is 0.692. The fourth-order valence-corrected chi connectivity index (χ4v) is 2.98. The van der Waals surface area contributed by atoms with Crippen LogP contribution in [0.15, 0.2) is 30.5 Å². The van der Waals surface area contributed by atoms with Gasteiger partial charge in [-0.25, -0.2) is 9.97 Å². The Hall–Kier alpha value is -2.68. The second-order valence-corrected chi connectivity index (χ2v) is 7.47. The van der Waals surface area contributed by atoms with E-state index in [4.69, 9.17) is 11.6 Å². The summed E-state index contributed by atoms with van der Waals surface area (Å²) in [7, 11) is 0.